The van der Waals surface area contributed by atoms with E-state index in [0.29, 0.717) is 6.54 Å². The zero-order valence-corrected chi connectivity index (χ0v) is 29.3. The molecule has 0 bridgehead atoms. The molecule has 0 atom stereocenters. The van der Waals surface area contributed by atoms with Crippen molar-refractivity contribution in [2.45, 2.75) is 21.6 Å². The molecule has 9 N–H and O–H groups in total. The van der Waals surface area contributed by atoms with Crippen molar-refractivity contribution in [2.75, 3.05) is 33.5 Å². The lowest BCUT2D eigenvalue weighted by Gasteiger charge is -2.24. The first kappa shape index (κ1) is 36.7. The molecule has 0 fully saturated rings. The minimum atomic E-state index is -5.05. The fourth-order valence-electron chi connectivity index (χ4n) is 5.39. The quantitative estimate of drug-likeness (QED) is 0.0687. The summed E-state index contributed by atoms with van der Waals surface area (Å²) in [6.45, 7) is 2.08. The molecule has 4 aromatic carbocycles. The standard InChI is InChI=1S/C31H26N8O11S3/c1-2-33-29-37-30(35-15-6-5-7-17(12-15)51(42,43)44)39-31(38-29)36-20-11-10-16(13-22(20)52(45,46)47)34-21-14-23(53(48,49)50)26(32)25-24(21)27(40)18-8-3-4-9-19(18)28(25)41/h3-14,34H,2,32H2,1H3,(H,42,43,44)(H,45,46,47)(H,48,49,50)(H3,33,35,36,37,38,39). The number of hydrogen-bond donors (Lipinski definition) is 8. The van der Waals surface area contributed by atoms with E-state index in [0.717, 1.165) is 24.3 Å². The van der Waals surface area contributed by atoms with Crippen LogP contribution in [0.2, 0.25) is 0 Å². The average Bonchev–Trinajstić information content (AvgIpc) is 3.07. The summed E-state index contributed by atoms with van der Waals surface area (Å²) >= 11 is 0. The van der Waals surface area contributed by atoms with Gasteiger partial charge in [-0.3, -0.25) is 23.2 Å². The topological polar surface area (TPSA) is 310 Å². The van der Waals surface area contributed by atoms with Crippen LogP contribution >= 0.6 is 0 Å². The molecule has 1 heterocycles. The maximum absolute atomic E-state index is 13.7. The Kier molecular flexibility index (Phi) is 9.36. The van der Waals surface area contributed by atoms with E-state index in [1.165, 1.54) is 48.5 Å². The highest BCUT2D eigenvalue weighted by molar-refractivity contribution is 7.86. The molecule has 22 heteroatoms. The molecule has 1 aromatic heterocycles. The van der Waals surface area contributed by atoms with Crippen molar-refractivity contribution in [1.29, 1.82) is 0 Å². The minimum Gasteiger partial charge on any atom is -0.397 e. The van der Waals surface area contributed by atoms with Crippen LogP contribution < -0.4 is 27.0 Å². The summed E-state index contributed by atoms with van der Waals surface area (Å²) in [5.74, 6) is -1.94. The number of nitrogen functional groups attached to an aromatic ring is 1. The number of nitrogens with two attached hydrogens (primary N) is 1. The van der Waals surface area contributed by atoms with Gasteiger partial charge >= 0.3 is 0 Å². The lowest BCUT2D eigenvalue weighted by Crippen LogP contribution is -2.25. The number of anilines is 8. The third-order valence-corrected chi connectivity index (χ3v) is 10.3. The first-order chi connectivity index (χ1) is 24.8. The summed E-state index contributed by atoms with van der Waals surface area (Å²) in [5, 5.41) is 11.0. The van der Waals surface area contributed by atoms with Gasteiger partial charge in [0.05, 0.1) is 33.1 Å². The number of carbonyl (C=O) groups is 2. The summed E-state index contributed by atoms with van der Waals surface area (Å²) in [6.07, 6.45) is 0. The predicted molar refractivity (Wildman–Crippen MR) is 190 cm³/mol. The number of ketones is 2. The van der Waals surface area contributed by atoms with Crippen LogP contribution in [0.5, 0.6) is 0 Å². The van der Waals surface area contributed by atoms with Crippen LogP contribution in [0.1, 0.15) is 38.8 Å². The smallest absolute Gasteiger partial charge is 0.296 e. The molecule has 19 nitrogen and oxygen atoms in total. The summed E-state index contributed by atoms with van der Waals surface area (Å²) in [7, 11) is -14.6. The van der Waals surface area contributed by atoms with E-state index in [1.807, 2.05) is 0 Å². The Labute approximate surface area is 301 Å². The van der Waals surface area contributed by atoms with Gasteiger partial charge in [-0.2, -0.15) is 40.2 Å². The van der Waals surface area contributed by atoms with Crippen molar-refractivity contribution in [3.8, 4) is 0 Å². The molecular weight excluding hydrogens is 757 g/mol. The van der Waals surface area contributed by atoms with Gasteiger partial charge in [-0.1, -0.05) is 30.3 Å². The first-order valence-electron chi connectivity index (χ1n) is 15.0. The van der Waals surface area contributed by atoms with Crippen molar-refractivity contribution < 1.29 is 48.5 Å². The molecule has 5 aromatic rings. The number of nitrogens with one attached hydrogen (secondary N) is 4. The molecule has 274 valence electrons. The molecule has 53 heavy (non-hydrogen) atoms. The molecule has 0 unspecified atom stereocenters. The molecule has 0 amide bonds. The van der Waals surface area contributed by atoms with Crippen molar-refractivity contribution in [3.63, 3.8) is 0 Å². The summed E-state index contributed by atoms with van der Waals surface area (Å²) < 4.78 is 103. The normalized spacial score (nSPS) is 12.8. The van der Waals surface area contributed by atoms with Gasteiger partial charge in [-0.05, 0) is 49.4 Å². The Hall–Kier alpha value is -6.04. The second kappa shape index (κ2) is 13.5. The lowest BCUT2D eigenvalue weighted by molar-refractivity contribution is 0.0980. The number of carbonyl (C=O) groups excluding carboxylic acids is 2. The summed E-state index contributed by atoms with van der Waals surface area (Å²) in [6, 6.07) is 15.0. The Morgan fingerprint density at radius 1 is 0.604 bits per heavy atom. The van der Waals surface area contributed by atoms with Gasteiger partial charge in [0.15, 0.2) is 11.6 Å². The van der Waals surface area contributed by atoms with Crippen molar-refractivity contribution in [1.82, 2.24) is 15.0 Å². The average molecular weight is 783 g/mol. The van der Waals surface area contributed by atoms with Crippen molar-refractivity contribution in [2.24, 2.45) is 0 Å². The second-order valence-corrected chi connectivity index (χ2v) is 15.4. The molecule has 1 aliphatic rings. The Bertz CT molecular complexity index is 2710. The van der Waals surface area contributed by atoms with Gasteiger partial charge in [0.1, 0.15) is 9.79 Å². The SMILES string of the molecule is CCNc1nc(Nc2cccc(S(=O)(=O)O)c2)nc(Nc2ccc(Nc3cc(S(=O)(=O)O)c(N)c4c3C(=O)c3ccccc3C4=O)cc2S(=O)(=O)O)n1. The number of benzene rings is 4. The molecule has 0 radical (unpaired) electrons. The highest BCUT2D eigenvalue weighted by Gasteiger charge is 2.36. The van der Waals surface area contributed by atoms with Gasteiger partial charge in [0.25, 0.3) is 30.4 Å². The van der Waals surface area contributed by atoms with Crippen LogP contribution in [-0.2, 0) is 30.4 Å². The molecule has 6 rings (SSSR count). The van der Waals surface area contributed by atoms with Gasteiger partial charge in [0, 0.05) is 29.0 Å². The fourth-order valence-corrected chi connectivity index (χ4v) is 7.23. The zero-order chi connectivity index (χ0) is 38.5. The van der Waals surface area contributed by atoms with E-state index in [1.54, 1.807) is 6.92 Å². The van der Waals surface area contributed by atoms with Gasteiger partial charge < -0.3 is 27.0 Å². The number of rotatable bonds is 11. The molecular formula is C31H26N8O11S3. The summed E-state index contributed by atoms with van der Waals surface area (Å²) in [4.78, 5) is 37.6. The number of hydrogen-bond acceptors (Lipinski definition) is 16. The van der Waals surface area contributed by atoms with Crippen molar-refractivity contribution >= 4 is 88.2 Å². The third kappa shape index (κ3) is 7.48. The van der Waals surface area contributed by atoms with Crippen LogP contribution in [0.3, 0.4) is 0 Å². The molecule has 1 aliphatic carbocycles. The molecule has 0 aliphatic heterocycles. The number of nitrogens with zero attached hydrogens (tertiary/aromatic N) is 3. The van der Waals surface area contributed by atoms with Crippen LogP contribution in [0.15, 0.2) is 87.5 Å². The van der Waals surface area contributed by atoms with E-state index in [4.69, 9.17) is 5.73 Å². The van der Waals surface area contributed by atoms with E-state index in [2.05, 4.69) is 36.2 Å². The monoisotopic (exact) mass is 782 g/mol. The highest BCUT2D eigenvalue weighted by Crippen LogP contribution is 2.40. The van der Waals surface area contributed by atoms with Crippen LogP contribution in [0, 0.1) is 0 Å². The molecule has 0 saturated heterocycles. The zero-order valence-electron chi connectivity index (χ0n) is 26.9. The van der Waals surface area contributed by atoms with Gasteiger partial charge in [-0.25, -0.2) is 0 Å². The van der Waals surface area contributed by atoms with Crippen LogP contribution in [-0.4, -0.2) is 72.0 Å². The van der Waals surface area contributed by atoms with E-state index >= 15 is 0 Å². The van der Waals surface area contributed by atoms with Crippen LogP contribution in [0.25, 0.3) is 0 Å². The van der Waals surface area contributed by atoms with E-state index in [-0.39, 0.29) is 57.3 Å². The maximum Gasteiger partial charge on any atom is 0.296 e. The lowest BCUT2D eigenvalue weighted by atomic mass is 9.82. The molecule has 0 spiro atoms. The highest BCUT2D eigenvalue weighted by atomic mass is 32.2. The second-order valence-electron chi connectivity index (χ2n) is 11.2. The fraction of sp³-hybridized carbons (Fsp3) is 0.0645. The Morgan fingerprint density at radius 3 is 1.79 bits per heavy atom. The summed E-state index contributed by atoms with van der Waals surface area (Å²) in [5.41, 5.74) is 3.84. The minimum absolute atomic E-state index is 0.00585. The largest absolute Gasteiger partial charge is 0.397 e. The van der Waals surface area contributed by atoms with Crippen LogP contribution in [0.4, 0.5) is 46.3 Å². The molecule has 0 saturated carbocycles. The first-order valence-corrected chi connectivity index (χ1v) is 19.3. The van der Waals surface area contributed by atoms with Crippen molar-refractivity contribution in [3.05, 3.63) is 95.1 Å². The van der Waals surface area contributed by atoms with E-state index < -0.39 is 67.9 Å². The van der Waals surface area contributed by atoms with E-state index in [9.17, 15) is 48.5 Å². The Morgan fingerprint density at radius 2 is 1.19 bits per heavy atom. The van der Waals surface area contributed by atoms with Gasteiger partial charge in [-0.15, -0.1) is 0 Å². The maximum atomic E-state index is 13.7. The Balaban J connectivity index is 1.40. The third-order valence-electron chi connectivity index (χ3n) is 7.62. The predicted octanol–water partition coefficient (Wildman–Crippen LogP) is 3.63. The number of fused-ring (bicyclic) bond motifs is 2. The number of aromatic nitrogens is 3. The van der Waals surface area contributed by atoms with Gasteiger partial charge in [0.2, 0.25) is 17.8 Å².